The highest BCUT2D eigenvalue weighted by Gasteiger charge is 2.53. The molecule has 0 bridgehead atoms. The number of rotatable bonds is 6. The highest BCUT2D eigenvalue weighted by Crippen LogP contribution is 2.38. The fourth-order valence-electron chi connectivity index (χ4n) is 3.50. The predicted molar refractivity (Wildman–Crippen MR) is 103 cm³/mol. The maximum Gasteiger partial charge on any atom is 0.260 e. The molecule has 2 heterocycles. The van der Waals surface area contributed by atoms with Gasteiger partial charge < -0.3 is 5.32 Å². The molecule has 0 atom stereocenters. The standard InChI is InChI=1S/C19H26N4O3S/c1-14(2)20-18(24)19(11-16-8-6-5-7-9-16)12-23(13-19)27(25,26)17-10-15(3)21-22(17)4/h5-10,14H,11-13H2,1-4H3,(H,20,24). The Morgan fingerprint density at radius 2 is 1.89 bits per heavy atom. The van der Waals surface area contributed by atoms with Gasteiger partial charge in [0.05, 0.1) is 11.1 Å². The number of nitrogens with one attached hydrogen (secondary N) is 1. The van der Waals surface area contributed by atoms with E-state index in [4.69, 9.17) is 0 Å². The molecule has 0 radical (unpaired) electrons. The van der Waals surface area contributed by atoms with Gasteiger partial charge in [0.2, 0.25) is 5.91 Å². The Labute approximate surface area is 160 Å². The van der Waals surface area contributed by atoms with Crippen molar-refractivity contribution in [2.24, 2.45) is 12.5 Å². The summed E-state index contributed by atoms with van der Waals surface area (Å²) in [7, 11) is -2.07. The van der Waals surface area contributed by atoms with E-state index < -0.39 is 15.4 Å². The minimum Gasteiger partial charge on any atom is -0.353 e. The predicted octanol–water partition coefficient (Wildman–Crippen LogP) is 1.49. The number of hydrogen-bond acceptors (Lipinski definition) is 4. The Kier molecular flexibility index (Phi) is 5.14. The van der Waals surface area contributed by atoms with Crippen molar-refractivity contribution in [1.82, 2.24) is 19.4 Å². The van der Waals surface area contributed by atoms with Gasteiger partial charge in [-0.25, -0.2) is 8.42 Å². The van der Waals surface area contributed by atoms with E-state index in [1.54, 1.807) is 20.0 Å². The first-order valence-electron chi connectivity index (χ1n) is 9.00. The van der Waals surface area contributed by atoms with Crippen molar-refractivity contribution in [3.63, 3.8) is 0 Å². The fraction of sp³-hybridized carbons (Fsp3) is 0.474. The van der Waals surface area contributed by atoms with E-state index in [2.05, 4.69) is 10.4 Å². The van der Waals surface area contributed by atoms with Crippen molar-refractivity contribution in [3.8, 4) is 0 Å². The molecule has 0 spiro atoms. The first-order chi connectivity index (χ1) is 12.6. The highest BCUT2D eigenvalue weighted by molar-refractivity contribution is 7.89. The average molecular weight is 391 g/mol. The van der Waals surface area contributed by atoms with E-state index >= 15 is 0 Å². The molecule has 0 unspecified atom stereocenters. The summed E-state index contributed by atoms with van der Waals surface area (Å²) in [6.45, 7) is 5.88. The molecule has 1 fully saturated rings. The van der Waals surface area contributed by atoms with Crippen LogP contribution in [0.5, 0.6) is 0 Å². The van der Waals surface area contributed by atoms with E-state index in [0.29, 0.717) is 12.1 Å². The van der Waals surface area contributed by atoms with Crippen molar-refractivity contribution in [3.05, 3.63) is 47.7 Å². The van der Waals surface area contributed by atoms with E-state index in [9.17, 15) is 13.2 Å². The monoisotopic (exact) mass is 390 g/mol. The molecule has 8 heteroatoms. The average Bonchev–Trinajstić information content (AvgIpc) is 2.90. The fourth-order valence-corrected chi connectivity index (χ4v) is 5.29. The summed E-state index contributed by atoms with van der Waals surface area (Å²) < 4.78 is 28.7. The van der Waals surface area contributed by atoms with Crippen molar-refractivity contribution >= 4 is 15.9 Å². The van der Waals surface area contributed by atoms with Crippen LogP contribution in [0.2, 0.25) is 0 Å². The van der Waals surface area contributed by atoms with Gasteiger partial charge in [-0.2, -0.15) is 9.40 Å². The van der Waals surface area contributed by atoms with Crippen LogP contribution in [0, 0.1) is 12.3 Å². The Morgan fingerprint density at radius 1 is 1.26 bits per heavy atom. The lowest BCUT2D eigenvalue weighted by atomic mass is 9.75. The van der Waals surface area contributed by atoms with Gasteiger partial charge in [0.15, 0.2) is 5.03 Å². The van der Waals surface area contributed by atoms with E-state index in [-0.39, 0.29) is 30.1 Å². The molecule has 0 aliphatic carbocycles. The summed E-state index contributed by atoms with van der Waals surface area (Å²) in [6.07, 6.45) is 0.503. The number of nitrogens with zero attached hydrogens (tertiary/aromatic N) is 3. The second-order valence-electron chi connectivity index (χ2n) is 7.59. The van der Waals surface area contributed by atoms with Gasteiger partial charge >= 0.3 is 0 Å². The third kappa shape index (κ3) is 3.77. The number of hydrogen-bond donors (Lipinski definition) is 1. The molecule has 1 aromatic heterocycles. The topological polar surface area (TPSA) is 84.3 Å². The van der Waals surface area contributed by atoms with Gasteiger partial charge in [0.25, 0.3) is 10.0 Å². The van der Waals surface area contributed by atoms with Gasteiger partial charge in [0.1, 0.15) is 0 Å². The number of benzene rings is 1. The van der Waals surface area contributed by atoms with E-state index in [0.717, 1.165) is 5.56 Å². The summed E-state index contributed by atoms with van der Waals surface area (Å²) in [6, 6.07) is 11.3. The van der Waals surface area contributed by atoms with Crippen molar-refractivity contribution < 1.29 is 13.2 Å². The molecule has 0 saturated carbocycles. The van der Waals surface area contributed by atoms with Crippen LogP contribution in [0.3, 0.4) is 0 Å². The largest absolute Gasteiger partial charge is 0.353 e. The van der Waals surface area contributed by atoms with Crippen molar-refractivity contribution in [2.45, 2.75) is 38.3 Å². The van der Waals surface area contributed by atoms with Crippen LogP contribution in [0.25, 0.3) is 0 Å². The third-order valence-corrected chi connectivity index (χ3v) is 6.66. The highest BCUT2D eigenvalue weighted by atomic mass is 32.2. The lowest BCUT2D eigenvalue weighted by Gasteiger charge is -2.48. The van der Waals surface area contributed by atoms with Gasteiger partial charge in [-0.1, -0.05) is 30.3 Å². The lowest BCUT2D eigenvalue weighted by molar-refractivity contribution is -0.138. The minimum absolute atomic E-state index is 0.00414. The van der Waals surface area contributed by atoms with Gasteiger partial charge in [-0.05, 0) is 38.8 Å². The molecule has 1 aliphatic heterocycles. The second kappa shape index (κ2) is 7.09. The summed E-state index contributed by atoms with van der Waals surface area (Å²) in [5, 5.41) is 7.23. The first kappa shape index (κ1) is 19.6. The second-order valence-corrected chi connectivity index (χ2v) is 9.48. The zero-order chi connectivity index (χ0) is 19.8. The van der Waals surface area contributed by atoms with Gasteiger partial charge in [-0.3, -0.25) is 9.48 Å². The Bertz CT molecular complexity index is 929. The maximum atomic E-state index is 13.0. The van der Waals surface area contributed by atoms with E-state index in [1.807, 2.05) is 44.2 Å². The molecule has 7 nitrogen and oxygen atoms in total. The van der Waals surface area contributed by atoms with Crippen LogP contribution in [-0.4, -0.2) is 47.5 Å². The smallest absolute Gasteiger partial charge is 0.260 e. The van der Waals surface area contributed by atoms with Crippen molar-refractivity contribution in [1.29, 1.82) is 0 Å². The Balaban J connectivity index is 1.85. The normalized spacial score (nSPS) is 16.9. The molecule has 1 saturated heterocycles. The van der Waals surface area contributed by atoms with Crippen LogP contribution >= 0.6 is 0 Å². The summed E-state index contributed by atoms with van der Waals surface area (Å²) >= 11 is 0. The molecule has 1 N–H and O–H groups in total. The lowest BCUT2D eigenvalue weighted by Crippen LogP contribution is -2.66. The third-order valence-electron chi connectivity index (χ3n) is 4.81. The molecular formula is C19H26N4O3S. The number of amides is 1. The molecule has 27 heavy (non-hydrogen) atoms. The SMILES string of the molecule is Cc1cc(S(=O)(=O)N2CC(Cc3ccccc3)(C(=O)NC(C)C)C2)n(C)n1. The zero-order valence-corrected chi connectivity index (χ0v) is 17.0. The zero-order valence-electron chi connectivity index (χ0n) is 16.1. The maximum absolute atomic E-state index is 13.0. The van der Waals surface area contributed by atoms with Crippen LogP contribution in [0.4, 0.5) is 0 Å². The van der Waals surface area contributed by atoms with E-state index in [1.165, 1.54) is 8.99 Å². The Hall–Kier alpha value is -2.19. The number of sulfonamides is 1. The quantitative estimate of drug-likeness (QED) is 0.810. The van der Waals surface area contributed by atoms with Crippen LogP contribution in [-0.2, 0) is 28.3 Å². The van der Waals surface area contributed by atoms with Gasteiger partial charge in [-0.15, -0.1) is 0 Å². The number of carbonyl (C=O) groups excluding carboxylic acids is 1. The van der Waals surface area contributed by atoms with Crippen molar-refractivity contribution in [2.75, 3.05) is 13.1 Å². The molecule has 3 rings (SSSR count). The number of carbonyl (C=O) groups is 1. The van der Waals surface area contributed by atoms with Crippen LogP contribution in [0.1, 0.15) is 25.1 Å². The minimum atomic E-state index is -3.68. The molecular weight excluding hydrogens is 364 g/mol. The van der Waals surface area contributed by atoms with Gasteiger partial charge in [0, 0.05) is 26.2 Å². The summed E-state index contributed by atoms with van der Waals surface area (Å²) in [5.74, 6) is -0.103. The summed E-state index contributed by atoms with van der Waals surface area (Å²) in [5.41, 5.74) is 0.904. The number of aromatic nitrogens is 2. The molecule has 1 aromatic carbocycles. The molecule has 2 aromatic rings. The molecule has 1 amide bonds. The molecule has 146 valence electrons. The Morgan fingerprint density at radius 3 is 2.41 bits per heavy atom. The first-order valence-corrected chi connectivity index (χ1v) is 10.4. The summed E-state index contributed by atoms with van der Waals surface area (Å²) in [4.78, 5) is 12.9. The number of aryl methyl sites for hydroxylation is 2. The van der Waals surface area contributed by atoms with Crippen LogP contribution < -0.4 is 5.32 Å². The van der Waals surface area contributed by atoms with Crippen LogP contribution in [0.15, 0.2) is 41.4 Å². The molecule has 1 aliphatic rings.